The lowest BCUT2D eigenvalue weighted by Gasteiger charge is -2.17. The SMILES string of the molecule is CN1C(=O)N(Cc2ccccc2)CC1CCOc1ccccc1. The highest BCUT2D eigenvalue weighted by Gasteiger charge is 2.34. The average Bonchev–Trinajstić information content (AvgIpc) is 2.85. The molecular weight excluding hydrogens is 288 g/mol. The Morgan fingerprint density at radius 1 is 1.04 bits per heavy atom. The quantitative estimate of drug-likeness (QED) is 0.819. The lowest BCUT2D eigenvalue weighted by Crippen LogP contribution is -2.31. The minimum atomic E-state index is 0.0959. The molecule has 4 heteroatoms. The molecule has 0 spiro atoms. The highest BCUT2D eigenvalue weighted by Crippen LogP contribution is 2.20. The lowest BCUT2D eigenvalue weighted by molar-refractivity contribution is 0.191. The molecule has 0 radical (unpaired) electrons. The summed E-state index contributed by atoms with van der Waals surface area (Å²) in [6.45, 7) is 2.04. The van der Waals surface area contributed by atoms with Gasteiger partial charge in [0.05, 0.1) is 12.6 Å². The number of carbonyl (C=O) groups is 1. The molecule has 0 aliphatic carbocycles. The summed E-state index contributed by atoms with van der Waals surface area (Å²) in [5, 5.41) is 0. The molecule has 3 rings (SSSR count). The van der Waals surface area contributed by atoms with E-state index in [2.05, 4.69) is 12.1 Å². The van der Waals surface area contributed by atoms with Crippen molar-refractivity contribution in [2.45, 2.75) is 19.0 Å². The number of hydrogen-bond donors (Lipinski definition) is 0. The minimum absolute atomic E-state index is 0.0959. The van der Waals surface area contributed by atoms with Gasteiger partial charge in [0.2, 0.25) is 0 Å². The van der Waals surface area contributed by atoms with Crippen molar-refractivity contribution in [3.63, 3.8) is 0 Å². The Kier molecular flexibility index (Phi) is 4.81. The van der Waals surface area contributed by atoms with Gasteiger partial charge in [-0.2, -0.15) is 0 Å². The molecule has 1 heterocycles. The second kappa shape index (κ2) is 7.18. The molecule has 1 fully saturated rings. The molecule has 1 aliphatic rings. The molecule has 120 valence electrons. The molecule has 0 aromatic heterocycles. The van der Waals surface area contributed by atoms with Gasteiger partial charge in [0, 0.05) is 26.6 Å². The maximum absolute atomic E-state index is 12.4. The summed E-state index contributed by atoms with van der Waals surface area (Å²) in [5.41, 5.74) is 1.16. The number of urea groups is 1. The summed E-state index contributed by atoms with van der Waals surface area (Å²) in [6, 6.07) is 20.2. The van der Waals surface area contributed by atoms with Gasteiger partial charge in [0.1, 0.15) is 5.75 Å². The number of benzene rings is 2. The van der Waals surface area contributed by atoms with E-state index in [4.69, 9.17) is 4.74 Å². The number of carbonyl (C=O) groups excluding carboxylic acids is 1. The van der Waals surface area contributed by atoms with Crippen molar-refractivity contribution in [3.8, 4) is 5.75 Å². The zero-order valence-corrected chi connectivity index (χ0v) is 13.4. The number of nitrogens with zero attached hydrogens (tertiary/aromatic N) is 2. The second-order valence-electron chi connectivity index (χ2n) is 5.86. The van der Waals surface area contributed by atoms with Crippen molar-refractivity contribution in [2.75, 3.05) is 20.2 Å². The molecule has 2 amide bonds. The standard InChI is InChI=1S/C19H22N2O2/c1-20-17(12-13-23-18-10-6-3-7-11-18)15-21(19(20)22)14-16-8-4-2-5-9-16/h2-11,17H,12-15H2,1H3. The molecule has 1 unspecified atom stereocenters. The number of para-hydroxylation sites is 1. The third-order valence-corrected chi connectivity index (χ3v) is 4.23. The van der Waals surface area contributed by atoms with E-state index in [1.165, 1.54) is 0 Å². The third kappa shape index (κ3) is 3.83. The van der Waals surface area contributed by atoms with E-state index < -0.39 is 0 Å². The van der Waals surface area contributed by atoms with Gasteiger partial charge in [-0.05, 0) is 17.7 Å². The molecule has 1 aliphatic heterocycles. The van der Waals surface area contributed by atoms with Crippen LogP contribution in [0.15, 0.2) is 60.7 Å². The topological polar surface area (TPSA) is 32.8 Å². The zero-order chi connectivity index (χ0) is 16.1. The van der Waals surface area contributed by atoms with Crippen LogP contribution in [-0.4, -0.2) is 42.1 Å². The van der Waals surface area contributed by atoms with Crippen LogP contribution in [0.2, 0.25) is 0 Å². The minimum Gasteiger partial charge on any atom is -0.494 e. The van der Waals surface area contributed by atoms with E-state index in [1.54, 1.807) is 0 Å². The number of amides is 2. The Morgan fingerprint density at radius 2 is 1.70 bits per heavy atom. The molecular formula is C19H22N2O2. The van der Waals surface area contributed by atoms with Crippen LogP contribution < -0.4 is 4.74 Å². The fourth-order valence-corrected chi connectivity index (χ4v) is 2.88. The number of rotatable bonds is 6. The molecule has 1 atom stereocenters. The Labute approximate surface area is 137 Å². The first kappa shape index (κ1) is 15.4. The Balaban J connectivity index is 1.52. The fourth-order valence-electron chi connectivity index (χ4n) is 2.88. The van der Waals surface area contributed by atoms with Crippen LogP contribution in [0.5, 0.6) is 5.75 Å². The van der Waals surface area contributed by atoms with Gasteiger partial charge in [-0.1, -0.05) is 48.5 Å². The first-order chi connectivity index (χ1) is 11.2. The number of ether oxygens (including phenoxy) is 1. The molecule has 0 bridgehead atoms. The molecule has 4 nitrogen and oxygen atoms in total. The Bertz CT molecular complexity index is 630. The van der Waals surface area contributed by atoms with E-state index in [1.807, 2.05) is 65.4 Å². The van der Waals surface area contributed by atoms with Crippen molar-refractivity contribution >= 4 is 6.03 Å². The summed E-state index contributed by atoms with van der Waals surface area (Å²) in [6.07, 6.45) is 0.836. The molecule has 0 saturated carbocycles. The average molecular weight is 310 g/mol. The smallest absolute Gasteiger partial charge is 0.320 e. The van der Waals surface area contributed by atoms with Crippen LogP contribution in [0.3, 0.4) is 0 Å². The van der Waals surface area contributed by atoms with Crippen molar-refractivity contribution in [1.29, 1.82) is 0 Å². The monoisotopic (exact) mass is 310 g/mol. The largest absolute Gasteiger partial charge is 0.494 e. The van der Waals surface area contributed by atoms with Crippen LogP contribution in [0.4, 0.5) is 4.79 Å². The van der Waals surface area contributed by atoms with Gasteiger partial charge < -0.3 is 14.5 Å². The molecule has 23 heavy (non-hydrogen) atoms. The first-order valence-electron chi connectivity index (χ1n) is 7.97. The van der Waals surface area contributed by atoms with Crippen LogP contribution in [0.1, 0.15) is 12.0 Å². The summed E-state index contributed by atoms with van der Waals surface area (Å²) in [7, 11) is 1.88. The van der Waals surface area contributed by atoms with Gasteiger partial charge in [-0.15, -0.1) is 0 Å². The second-order valence-corrected chi connectivity index (χ2v) is 5.86. The molecule has 1 saturated heterocycles. The predicted molar refractivity (Wildman–Crippen MR) is 90.4 cm³/mol. The lowest BCUT2D eigenvalue weighted by atomic mass is 10.2. The Hall–Kier alpha value is -2.49. The maximum Gasteiger partial charge on any atom is 0.320 e. The molecule has 2 aromatic rings. The summed E-state index contributed by atoms with van der Waals surface area (Å²) < 4.78 is 5.75. The van der Waals surface area contributed by atoms with E-state index in [0.717, 1.165) is 24.3 Å². The van der Waals surface area contributed by atoms with E-state index >= 15 is 0 Å². The van der Waals surface area contributed by atoms with Crippen LogP contribution >= 0.6 is 0 Å². The van der Waals surface area contributed by atoms with Crippen molar-refractivity contribution in [1.82, 2.24) is 9.80 Å². The molecule has 2 aromatic carbocycles. The third-order valence-electron chi connectivity index (χ3n) is 4.23. The van der Waals surface area contributed by atoms with Gasteiger partial charge in [-0.25, -0.2) is 4.79 Å². The van der Waals surface area contributed by atoms with E-state index in [9.17, 15) is 4.79 Å². The van der Waals surface area contributed by atoms with Gasteiger partial charge in [0.25, 0.3) is 0 Å². The number of hydrogen-bond acceptors (Lipinski definition) is 2. The van der Waals surface area contributed by atoms with Crippen LogP contribution in [0.25, 0.3) is 0 Å². The van der Waals surface area contributed by atoms with Gasteiger partial charge in [0.15, 0.2) is 0 Å². The Morgan fingerprint density at radius 3 is 2.39 bits per heavy atom. The van der Waals surface area contributed by atoms with Crippen molar-refractivity contribution in [3.05, 3.63) is 66.2 Å². The number of likely N-dealkylation sites (N-methyl/N-ethyl adjacent to an activating group) is 1. The summed E-state index contributed by atoms with van der Waals surface area (Å²) >= 11 is 0. The highest BCUT2D eigenvalue weighted by atomic mass is 16.5. The van der Waals surface area contributed by atoms with Gasteiger partial charge in [-0.3, -0.25) is 0 Å². The fraction of sp³-hybridized carbons (Fsp3) is 0.316. The normalized spacial score (nSPS) is 17.6. The predicted octanol–water partition coefficient (Wildman–Crippen LogP) is 3.39. The first-order valence-corrected chi connectivity index (χ1v) is 7.97. The zero-order valence-electron chi connectivity index (χ0n) is 13.4. The van der Waals surface area contributed by atoms with Crippen LogP contribution in [-0.2, 0) is 6.54 Å². The summed E-state index contributed by atoms with van der Waals surface area (Å²) in [4.78, 5) is 16.1. The van der Waals surface area contributed by atoms with Crippen LogP contribution in [0, 0.1) is 0 Å². The van der Waals surface area contributed by atoms with E-state index in [0.29, 0.717) is 13.2 Å². The highest BCUT2D eigenvalue weighted by molar-refractivity contribution is 5.76. The van der Waals surface area contributed by atoms with Crippen molar-refractivity contribution in [2.24, 2.45) is 0 Å². The summed E-state index contributed by atoms with van der Waals surface area (Å²) in [5.74, 6) is 0.876. The van der Waals surface area contributed by atoms with Gasteiger partial charge >= 0.3 is 6.03 Å². The van der Waals surface area contributed by atoms with Crippen molar-refractivity contribution < 1.29 is 9.53 Å². The maximum atomic E-state index is 12.4. The van der Waals surface area contributed by atoms with E-state index in [-0.39, 0.29) is 12.1 Å². The molecule has 0 N–H and O–H groups in total.